The summed E-state index contributed by atoms with van der Waals surface area (Å²) in [5.74, 6) is 0.200. The predicted octanol–water partition coefficient (Wildman–Crippen LogP) is 4.97. The Morgan fingerprint density at radius 1 is 1.22 bits per heavy atom. The molecule has 3 rings (SSSR count). The topological polar surface area (TPSA) is 113 Å². The molecule has 1 aromatic heterocycles. The number of alkyl halides is 1. The van der Waals surface area contributed by atoms with Crippen LogP contribution < -0.4 is 11.2 Å². The summed E-state index contributed by atoms with van der Waals surface area (Å²) >= 11 is 0. The Bertz CT molecular complexity index is 1290. The molecule has 3 N–H and O–H groups in total. The number of allylic oxidation sites excluding steroid dienone is 4. The number of methoxy groups -OCH3 is 1. The minimum atomic E-state index is -0.562. The van der Waals surface area contributed by atoms with Crippen molar-refractivity contribution in [2.75, 3.05) is 33.9 Å². The zero-order valence-corrected chi connectivity index (χ0v) is 27.3. The van der Waals surface area contributed by atoms with Gasteiger partial charge >= 0.3 is 0 Å². The van der Waals surface area contributed by atoms with Gasteiger partial charge in [0.15, 0.2) is 0 Å². The van der Waals surface area contributed by atoms with Gasteiger partial charge < -0.3 is 15.4 Å². The van der Waals surface area contributed by atoms with E-state index in [0.29, 0.717) is 29.6 Å². The lowest BCUT2D eigenvalue weighted by Gasteiger charge is -2.37. The molecule has 2 amide bonds. The molecule has 0 radical (unpaired) electrons. The fourth-order valence-corrected chi connectivity index (χ4v) is 4.60. The highest BCUT2D eigenvalue weighted by Gasteiger charge is 2.37. The van der Waals surface area contributed by atoms with Crippen molar-refractivity contribution in [2.24, 2.45) is 10.8 Å². The minimum Gasteiger partial charge on any atom is -0.497 e. The van der Waals surface area contributed by atoms with E-state index in [4.69, 9.17) is 10.5 Å². The van der Waals surface area contributed by atoms with Crippen molar-refractivity contribution in [1.29, 1.82) is 0 Å². The third-order valence-electron chi connectivity index (χ3n) is 7.16. The number of rotatable bonds is 13. The average molecular weight is 621 g/mol. The first-order chi connectivity index (χ1) is 21.7. The number of likely N-dealkylation sites (tertiary alicyclic amines) is 1. The van der Waals surface area contributed by atoms with Crippen LogP contribution in [0.15, 0.2) is 83.5 Å². The highest BCUT2D eigenvalue weighted by molar-refractivity contribution is 6.09. The molecule has 10 heteroatoms. The van der Waals surface area contributed by atoms with Crippen LogP contribution >= 0.6 is 0 Å². The smallest absolute Gasteiger partial charge is 0.248 e. The number of amides is 2. The zero-order valence-electron chi connectivity index (χ0n) is 27.3. The number of piperidine rings is 1. The highest BCUT2D eigenvalue weighted by Crippen LogP contribution is 2.29. The first-order valence-corrected chi connectivity index (χ1v) is 15.0. The number of pyridine rings is 1. The molecule has 2 heterocycles. The van der Waals surface area contributed by atoms with Crippen LogP contribution in [0.25, 0.3) is 0 Å². The van der Waals surface area contributed by atoms with Gasteiger partial charge in [-0.15, -0.1) is 12.8 Å². The average Bonchev–Trinajstić information content (AvgIpc) is 3.91. The second kappa shape index (κ2) is 21.3. The quantitative estimate of drug-likeness (QED) is 0.0804. The number of nitrogens with one attached hydrogen (secondary N) is 1. The van der Waals surface area contributed by atoms with E-state index in [-0.39, 0.29) is 17.5 Å². The van der Waals surface area contributed by atoms with Crippen molar-refractivity contribution in [3.63, 3.8) is 0 Å². The number of terminal acetylenes is 1. The molecule has 1 saturated carbocycles. The van der Waals surface area contributed by atoms with Crippen LogP contribution in [-0.4, -0.2) is 78.3 Å². The van der Waals surface area contributed by atoms with Gasteiger partial charge in [0.05, 0.1) is 18.9 Å². The third-order valence-corrected chi connectivity index (χ3v) is 7.16. The van der Waals surface area contributed by atoms with Crippen LogP contribution in [0, 0.1) is 19.8 Å². The van der Waals surface area contributed by atoms with E-state index in [1.165, 1.54) is 6.08 Å². The Kier molecular flexibility index (Phi) is 18.2. The second-order valence-electron chi connectivity index (χ2n) is 10.5. The summed E-state index contributed by atoms with van der Waals surface area (Å²) in [4.78, 5) is 31.9. The molecule has 2 aliphatic rings. The summed E-state index contributed by atoms with van der Waals surface area (Å²) in [7, 11) is 3.46. The first-order valence-electron chi connectivity index (χ1n) is 15.0. The standard InChI is InChI=1S/C18H29FN2O2.C15H18N4O.C2H2/c1-4-7-17(23-3)14(12-19)13-21-11-6-5-8-16(21)18(22)20(2)15-9-10-15;1-4-8-18-19-14(6-5-11(2)15(16)20)13-7-9-17-12(3)10-13;1-2/h4,7,15-16H,5-6,8-13H2,1-3H3;4-10,18H,2H2,1,3H3,(H2,16,20);1-2H/b7-4-,17-14-;6-5+,8-4+,19-14+;. The van der Waals surface area contributed by atoms with Gasteiger partial charge in [-0.25, -0.2) is 4.39 Å². The number of ether oxygens (including phenoxy) is 1. The van der Waals surface area contributed by atoms with E-state index in [9.17, 15) is 14.0 Å². The first kappa shape index (κ1) is 38.5. The number of primary amides is 1. The van der Waals surface area contributed by atoms with Gasteiger partial charge in [0.1, 0.15) is 12.4 Å². The van der Waals surface area contributed by atoms with E-state index in [0.717, 1.165) is 49.9 Å². The lowest BCUT2D eigenvalue weighted by Crippen LogP contribution is -2.51. The van der Waals surface area contributed by atoms with Gasteiger partial charge in [0.25, 0.3) is 0 Å². The Balaban J connectivity index is 0.000000431. The molecule has 0 spiro atoms. The Morgan fingerprint density at radius 2 is 1.93 bits per heavy atom. The van der Waals surface area contributed by atoms with Crippen LogP contribution in [-0.2, 0) is 14.3 Å². The monoisotopic (exact) mass is 620 g/mol. The van der Waals surface area contributed by atoms with E-state index in [1.54, 1.807) is 31.7 Å². The molecule has 1 aliphatic carbocycles. The summed E-state index contributed by atoms with van der Waals surface area (Å²) in [5.41, 5.74) is 11.2. The van der Waals surface area contributed by atoms with Gasteiger partial charge in [-0.2, -0.15) is 5.10 Å². The maximum atomic E-state index is 13.5. The van der Waals surface area contributed by atoms with Crippen molar-refractivity contribution in [3.8, 4) is 12.8 Å². The highest BCUT2D eigenvalue weighted by atomic mass is 19.1. The number of halogens is 1. The van der Waals surface area contributed by atoms with Crippen molar-refractivity contribution in [1.82, 2.24) is 20.2 Å². The molecule has 1 aromatic rings. The number of likely N-dealkylation sites (N-methyl/N-ethyl adjacent to an activating group) is 1. The number of hydrazone groups is 1. The van der Waals surface area contributed by atoms with Crippen molar-refractivity contribution < 1.29 is 18.7 Å². The number of carbonyl (C=O) groups is 2. The predicted molar refractivity (Wildman–Crippen MR) is 181 cm³/mol. The summed E-state index contributed by atoms with van der Waals surface area (Å²) < 4.78 is 18.8. The van der Waals surface area contributed by atoms with Gasteiger partial charge in [0, 0.05) is 54.4 Å². The maximum absolute atomic E-state index is 13.5. The van der Waals surface area contributed by atoms with Crippen molar-refractivity contribution in [2.45, 2.75) is 65.0 Å². The Hall–Kier alpha value is -4.49. The summed E-state index contributed by atoms with van der Waals surface area (Å²) in [5, 5.41) is 4.23. The number of hydrogen-bond acceptors (Lipinski definition) is 7. The van der Waals surface area contributed by atoms with Gasteiger partial charge in [0.2, 0.25) is 11.8 Å². The van der Waals surface area contributed by atoms with Crippen LogP contribution in [0.5, 0.6) is 0 Å². The summed E-state index contributed by atoms with van der Waals surface area (Å²) in [6.07, 6.45) is 25.3. The number of carbonyl (C=O) groups excluding carboxylic acids is 2. The molecule has 1 saturated heterocycles. The Morgan fingerprint density at radius 3 is 2.49 bits per heavy atom. The molecule has 0 aromatic carbocycles. The van der Waals surface area contributed by atoms with Crippen molar-refractivity contribution in [3.05, 3.63) is 89.7 Å². The zero-order chi connectivity index (χ0) is 33.8. The fourth-order valence-electron chi connectivity index (χ4n) is 4.60. The van der Waals surface area contributed by atoms with E-state index in [1.807, 2.05) is 57.0 Å². The van der Waals surface area contributed by atoms with Crippen LogP contribution in [0.3, 0.4) is 0 Å². The largest absolute Gasteiger partial charge is 0.497 e. The molecule has 45 heavy (non-hydrogen) atoms. The third kappa shape index (κ3) is 13.4. The number of hydrogen-bond donors (Lipinski definition) is 2. The Labute approximate surface area is 268 Å². The van der Waals surface area contributed by atoms with E-state index in [2.05, 4.69) is 39.8 Å². The molecule has 244 valence electrons. The lowest BCUT2D eigenvalue weighted by molar-refractivity contribution is -0.137. The van der Waals surface area contributed by atoms with Crippen molar-refractivity contribution >= 4 is 17.5 Å². The van der Waals surface area contributed by atoms with Gasteiger partial charge in [-0.05, 0) is 83.4 Å². The van der Waals surface area contributed by atoms with Crippen LogP contribution in [0.1, 0.15) is 57.2 Å². The number of nitrogens with two attached hydrogens (primary N) is 1. The molecule has 1 aliphatic heterocycles. The number of nitrogens with zero attached hydrogens (tertiary/aromatic N) is 4. The normalized spacial score (nSPS) is 17.5. The van der Waals surface area contributed by atoms with E-state index < -0.39 is 12.6 Å². The van der Waals surface area contributed by atoms with Gasteiger partial charge in [-0.3, -0.25) is 24.9 Å². The van der Waals surface area contributed by atoms with E-state index >= 15 is 0 Å². The molecular weight excluding hydrogens is 571 g/mol. The fraction of sp³-hybridized carbons (Fsp3) is 0.429. The molecule has 9 nitrogen and oxygen atoms in total. The SMILES string of the molecule is C#C.C/C=C\C(OC)=C(/CF)CN1CCCCC1C(=O)N(C)C1CC1.C=C(/C=C/C(=N\N/C=C/C)c1ccnc(C)c1)C(N)=O. The maximum Gasteiger partial charge on any atom is 0.248 e. The molecular formula is C35H49FN6O3. The number of aromatic nitrogens is 1. The minimum absolute atomic E-state index is 0.125. The number of aryl methyl sites for hydroxylation is 1. The second-order valence-corrected chi connectivity index (χ2v) is 10.5. The van der Waals surface area contributed by atoms with Crippen LogP contribution in [0.4, 0.5) is 4.39 Å². The molecule has 0 bridgehead atoms. The molecule has 1 unspecified atom stereocenters. The van der Waals surface area contributed by atoms with Crippen LogP contribution in [0.2, 0.25) is 0 Å². The molecule has 2 fully saturated rings. The summed E-state index contributed by atoms with van der Waals surface area (Å²) in [6, 6.07) is 4.02. The molecule has 1 atom stereocenters. The van der Waals surface area contributed by atoms with Gasteiger partial charge in [-0.1, -0.05) is 25.2 Å². The lowest BCUT2D eigenvalue weighted by atomic mass is 9.99. The summed E-state index contributed by atoms with van der Waals surface area (Å²) in [6.45, 7) is 9.97.